The summed E-state index contributed by atoms with van der Waals surface area (Å²) in [6.07, 6.45) is -1.56. The minimum absolute atomic E-state index is 0.0368. The van der Waals surface area contributed by atoms with Crippen molar-refractivity contribution < 1.29 is 36.3 Å². The Hall–Kier alpha value is -3.35. The highest BCUT2D eigenvalue weighted by Crippen LogP contribution is 2.48. The highest BCUT2D eigenvalue weighted by atomic mass is 32.1. The fourth-order valence-corrected chi connectivity index (χ4v) is 5.68. The number of likely N-dealkylation sites (tertiary alicyclic amines) is 1. The van der Waals surface area contributed by atoms with Crippen molar-refractivity contribution in [2.75, 3.05) is 23.0 Å². The second kappa shape index (κ2) is 9.14. The van der Waals surface area contributed by atoms with E-state index in [0.717, 1.165) is 22.3 Å². The number of alkyl halides is 5. The zero-order valence-electron chi connectivity index (χ0n) is 20.2. The van der Waals surface area contributed by atoms with E-state index >= 15 is 0 Å². The normalized spacial score (nSPS) is 22.3. The lowest BCUT2D eigenvalue weighted by atomic mass is 9.75. The smallest absolute Gasteiger partial charge is 0.417 e. The molecule has 3 fully saturated rings. The van der Waals surface area contributed by atoms with Gasteiger partial charge in [0.1, 0.15) is 17.9 Å². The average molecular weight is 555 g/mol. The molecular weight excluding hydrogens is 531 g/mol. The van der Waals surface area contributed by atoms with E-state index in [2.05, 4.69) is 4.98 Å². The van der Waals surface area contributed by atoms with Crippen molar-refractivity contribution in [1.82, 2.24) is 9.88 Å². The van der Waals surface area contributed by atoms with Gasteiger partial charge in [0.05, 0.1) is 30.0 Å². The van der Waals surface area contributed by atoms with Crippen LogP contribution in [0.3, 0.4) is 0 Å². The fraction of sp³-hybridized carbons (Fsp3) is 0.440. The summed E-state index contributed by atoms with van der Waals surface area (Å²) in [5.74, 6) is -3.48. The third-order valence-electron chi connectivity index (χ3n) is 7.22. The van der Waals surface area contributed by atoms with Crippen LogP contribution in [0.1, 0.15) is 38.2 Å². The Bertz CT molecular complexity index is 1280. The van der Waals surface area contributed by atoms with E-state index < -0.39 is 54.0 Å². The van der Waals surface area contributed by atoms with Gasteiger partial charge in [-0.15, -0.1) is 0 Å². The molecule has 0 bridgehead atoms. The zero-order valence-corrected chi connectivity index (χ0v) is 21.0. The topological polar surface area (TPSA) is 66.0 Å². The minimum atomic E-state index is -4.63. The summed E-state index contributed by atoms with van der Waals surface area (Å²) in [4.78, 5) is 32.7. The van der Waals surface area contributed by atoms with Crippen molar-refractivity contribution in [2.24, 2.45) is 0 Å². The van der Waals surface area contributed by atoms with Gasteiger partial charge in [-0.1, -0.05) is 0 Å². The third-order valence-corrected chi connectivity index (χ3v) is 7.59. The number of pyridine rings is 1. The van der Waals surface area contributed by atoms with Gasteiger partial charge in [-0.05, 0) is 61.8 Å². The molecule has 38 heavy (non-hydrogen) atoms. The Kier molecular flexibility index (Phi) is 6.32. The maximum absolute atomic E-state index is 13.8. The van der Waals surface area contributed by atoms with E-state index in [1.54, 1.807) is 29.2 Å². The molecule has 0 radical (unpaired) electrons. The lowest BCUT2D eigenvalue weighted by molar-refractivity contribution is -0.138. The molecule has 202 valence electrons. The molecule has 1 aliphatic carbocycles. The highest BCUT2D eigenvalue weighted by molar-refractivity contribution is 7.81. The summed E-state index contributed by atoms with van der Waals surface area (Å²) < 4.78 is 73.1. The first-order chi connectivity index (χ1) is 17.8. The van der Waals surface area contributed by atoms with Crippen LogP contribution in [-0.4, -0.2) is 57.5 Å². The second-order valence-electron chi connectivity index (χ2n) is 9.74. The number of anilines is 2. The van der Waals surface area contributed by atoms with Crippen molar-refractivity contribution in [3.8, 4) is 5.75 Å². The summed E-state index contributed by atoms with van der Waals surface area (Å²) in [6, 6.07) is 6.56. The molecule has 7 nitrogen and oxygen atoms in total. The van der Waals surface area contributed by atoms with E-state index in [1.807, 2.05) is 0 Å². The lowest BCUT2D eigenvalue weighted by Gasteiger charge is -2.43. The summed E-state index contributed by atoms with van der Waals surface area (Å²) >= 11 is 5.59. The standard InChI is InChI=1S/C25H23F5N4O3S/c1-15(35)32-14-24(26,27)10-19(32)13-37-20-5-3-17(4-6-20)34-22(38)33(21(36)23(34)7-2-8-23)18-9-16(11-31-12-18)25(28,29)30/h3-6,9,11-12,19H,2,7-8,10,13-14H2,1H3. The van der Waals surface area contributed by atoms with E-state index in [0.29, 0.717) is 30.5 Å². The molecule has 1 unspecified atom stereocenters. The van der Waals surface area contributed by atoms with E-state index in [1.165, 1.54) is 13.1 Å². The molecular formula is C25H23F5N4O3S. The predicted octanol–water partition coefficient (Wildman–Crippen LogP) is 4.80. The molecule has 13 heteroatoms. The summed E-state index contributed by atoms with van der Waals surface area (Å²) in [6.45, 7) is 0.476. The van der Waals surface area contributed by atoms with Crippen molar-refractivity contribution in [3.63, 3.8) is 0 Å². The lowest BCUT2D eigenvalue weighted by Crippen LogP contribution is -2.55. The van der Waals surface area contributed by atoms with Gasteiger partial charge in [0.25, 0.3) is 11.8 Å². The maximum atomic E-state index is 13.8. The number of hydrogen-bond donors (Lipinski definition) is 0. The number of ether oxygens (including phenoxy) is 1. The van der Waals surface area contributed by atoms with Crippen molar-refractivity contribution in [2.45, 2.75) is 56.3 Å². The number of hydrogen-bond acceptors (Lipinski definition) is 5. The van der Waals surface area contributed by atoms with Crippen LogP contribution in [0.2, 0.25) is 0 Å². The quantitative estimate of drug-likeness (QED) is 0.391. The summed E-state index contributed by atoms with van der Waals surface area (Å²) in [7, 11) is 0. The second-order valence-corrected chi connectivity index (χ2v) is 10.1. The molecule has 3 aliphatic rings. The summed E-state index contributed by atoms with van der Waals surface area (Å²) in [5.41, 5.74) is -1.52. The molecule has 2 aromatic rings. The van der Waals surface area contributed by atoms with E-state index in [9.17, 15) is 31.5 Å². The van der Waals surface area contributed by atoms with E-state index in [4.69, 9.17) is 17.0 Å². The zero-order chi connectivity index (χ0) is 27.5. The number of aromatic nitrogens is 1. The Morgan fingerprint density at radius 3 is 2.42 bits per heavy atom. The first kappa shape index (κ1) is 26.3. The number of rotatable bonds is 5. The van der Waals surface area contributed by atoms with Crippen LogP contribution in [0.25, 0.3) is 0 Å². The molecule has 0 N–H and O–H groups in total. The van der Waals surface area contributed by atoms with E-state index in [-0.39, 0.29) is 17.4 Å². The first-order valence-electron chi connectivity index (χ1n) is 11.9. The van der Waals surface area contributed by atoms with Gasteiger partial charge in [0.15, 0.2) is 5.11 Å². The van der Waals surface area contributed by atoms with Crippen LogP contribution in [0.4, 0.5) is 33.3 Å². The number of halogens is 5. The number of benzene rings is 1. The van der Waals surface area contributed by atoms with Gasteiger partial charge in [-0.3, -0.25) is 19.5 Å². The SMILES string of the molecule is CC(=O)N1CC(F)(F)CC1COc1ccc(N2C(=S)N(c3cncc(C(F)(F)F)c3)C(=O)C23CCC3)cc1. The molecule has 2 saturated heterocycles. The summed E-state index contributed by atoms with van der Waals surface area (Å²) in [5, 5.41) is 0.0368. The highest BCUT2D eigenvalue weighted by Gasteiger charge is 2.59. The van der Waals surface area contributed by atoms with Gasteiger partial charge < -0.3 is 14.5 Å². The van der Waals surface area contributed by atoms with Crippen LogP contribution in [-0.2, 0) is 15.8 Å². The average Bonchev–Trinajstić information content (AvgIpc) is 3.27. The van der Waals surface area contributed by atoms with Crippen molar-refractivity contribution in [3.05, 3.63) is 48.3 Å². The van der Waals surface area contributed by atoms with Crippen LogP contribution in [0, 0.1) is 0 Å². The minimum Gasteiger partial charge on any atom is -0.491 e. The fourth-order valence-electron chi connectivity index (χ4n) is 5.21. The molecule has 1 spiro atoms. The first-order valence-corrected chi connectivity index (χ1v) is 12.3. The van der Waals surface area contributed by atoms with Crippen LogP contribution < -0.4 is 14.5 Å². The molecule has 1 saturated carbocycles. The largest absolute Gasteiger partial charge is 0.491 e. The molecule has 2 aliphatic heterocycles. The number of amides is 2. The molecule has 1 aromatic heterocycles. The van der Waals surface area contributed by atoms with Crippen molar-refractivity contribution >= 4 is 40.5 Å². The number of nitrogens with zero attached hydrogens (tertiary/aromatic N) is 4. The Balaban J connectivity index is 1.36. The third kappa shape index (κ3) is 4.46. The monoisotopic (exact) mass is 554 g/mol. The molecule has 5 rings (SSSR count). The van der Waals surface area contributed by atoms with Crippen LogP contribution >= 0.6 is 12.2 Å². The Morgan fingerprint density at radius 2 is 1.84 bits per heavy atom. The Morgan fingerprint density at radius 1 is 1.16 bits per heavy atom. The van der Waals surface area contributed by atoms with Crippen molar-refractivity contribution in [1.29, 1.82) is 0 Å². The molecule has 1 aromatic carbocycles. The number of carbonyl (C=O) groups excluding carboxylic acids is 2. The maximum Gasteiger partial charge on any atom is 0.417 e. The number of carbonyl (C=O) groups is 2. The van der Waals surface area contributed by atoms with Crippen LogP contribution in [0.15, 0.2) is 42.7 Å². The van der Waals surface area contributed by atoms with Crippen LogP contribution in [0.5, 0.6) is 5.75 Å². The van der Waals surface area contributed by atoms with Gasteiger partial charge in [-0.2, -0.15) is 13.2 Å². The molecule has 2 amide bonds. The van der Waals surface area contributed by atoms with Gasteiger partial charge in [0, 0.05) is 25.2 Å². The van der Waals surface area contributed by atoms with Gasteiger partial charge >= 0.3 is 6.18 Å². The van der Waals surface area contributed by atoms with Gasteiger partial charge in [-0.25, -0.2) is 8.78 Å². The Labute approximate surface area is 220 Å². The molecule has 1 atom stereocenters. The van der Waals surface area contributed by atoms with Gasteiger partial charge in [0.2, 0.25) is 5.91 Å². The predicted molar refractivity (Wildman–Crippen MR) is 131 cm³/mol. The molecule has 3 heterocycles. The number of thiocarbonyl (C=S) groups is 1.